The summed E-state index contributed by atoms with van der Waals surface area (Å²) in [5, 5.41) is 2.46. The molecule has 2 aromatic carbocycles. The number of para-hydroxylation sites is 2. The van der Waals surface area contributed by atoms with Crippen LogP contribution in [-0.2, 0) is 0 Å². The zero-order valence-electron chi connectivity index (χ0n) is 12.7. The highest BCUT2D eigenvalue weighted by atomic mass is 19.2. The van der Waals surface area contributed by atoms with Crippen molar-refractivity contribution in [3.8, 4) is 5.88 Å². The van der Waals surface area contributed by atoms with Crippen LogP contribution in [0.15, 0.2) is 42.5 Å². The molecule has 0 atom stereocenters. The molecule has 0 radical (unpaired) electrons. The summed E-state index contributed by atoms with van der Waals surface area (Å²) in [5.74, 6) is -2.59. The molecule has 0 saturated carbocycles. The topological polar surface area (TPSA) is 64.1 Å². The Balaban J connectivity index is 1.98. The zero-order valence-corrected chi connectivity index (χ0v) is 12.7. The number of aromatic nitrogens is 2. The molecule has 0 aliphatic rings. The lowest BCUT2D eigenvalue weighted by Crippen LogP contribution is -2.17. The van der Waals surface area contributed by atoms with Crippen LogP contribution in [0.1, 0.15) is 17.4 Å². The molecule has 24 heavy (non-hydrogen) atoms. The van der Waals surface area contributed by atoms with Gasteiger partial charge in [-0.2, -0.15) is 0 Å². The van der Waals surface area contributed by atoms with E-state index < -0.39 is 17.5 Å². The highest BCUT2D eigenvalue weighted by molar-refractivity contribution is 6.05. The Labute approximate surface area is 136 Å². The van der Waals surface area contributed by atoms with Crippen molar-refractivity contribution in [3.63, 3.8) is 0 Å². The molecular formula is C17H13F2N3O2. The van der Waals surface area contributed by atoms with Crippen LogP contribution in [0.4, 0.5) is 14.5 Å². The molecular weight excluding hydrogens is 316 g/mol. The number of carbonyl (C=O) groups excluding carboxylic acids is 1. The van der Waals surface area contributed by atoms with Crippen LogP contribution in [0.5, 0.6) is 5.88 Å². The largest absolute Gasteiger partial charge is 0.476 e. The van der Waals surface area contributed by atoms with Crippen molar-refractivity contribution in [1.82, 2.24) is 9.97 Å². The van der Waals surface area contributed by atoms with Crippen LogP contribution >= 0.6 is 0 Å². The first kappa shape index (κ1) is 15.8. The van der Waals surface area contributed by atoms with Crippen LogP contribution in [0.3, 0.4) is 0 Å². The molecule has 3 aromatic rings. The van der Waals surface area contributed by atoms with Gasteiger partial charge in [-0.3, -0.25) is 4.79 Å². The van der Waals surface area contributed by atoms with Gasteiger partial charge in [-0.05, 0) is 31.2 Å². The summed E-state index contributed by atoms with van der Waals surface area (Å²) in [4.78, 5) is 21.0. The Kier molecular flexibility index (Phi) is 4.33. The van der Waals surface area contributed by atoms with Crippen LogP contribution < -0.4 is 10.1 Å². The third-order valence-electron chi connectivity index (χ3n) is 3.21. The second-order valence-corrected chi connectivity index (χ2v) is 4.88. The van der Waals surface area contributed by atoms with Crippen LogP contribution in [0, 0.1) is 11.6 Å². The number of hydrogen-bond donors (Lipinski definition) is 1. The molecule has 122 valence electrons. The standard InChI is InChI=1S/C17H13F2N3O2/c1-2-24-17-15(21-13-5-3-4-6-14(13)22-17)16(23)20-10-7-8-11(18)12(19)9-10/h3-9H,2H2,1H3,(H,20,23). The average molecular weight is 329 g/mol. The van der Waals surface area contributed by atoms with E-state index >= 15 is 0 Å². The van der Waals surface area contributed by atoms with E-state index in [0.29, 0.717) is 17.6 Å². The first-order chi connectivity index (χ1) is 11.6. The second kappa shape index (κ2) is 6.57. The fourth-order valence-electron chi connectivity index (χ4n) is 2.13. The minimum Gasteiger partial charge on any atom is -0.476 e. The molecule has 1 amide bonds. The Hall–Kier alpha value is -3.09. The van der Waals surface area contributed by atoms with Crippen molar-refractivity contribution in [3.05, 3.63) is 59.8 Å². The summed E-state index contributed by atoms with van der Waals surface area (Å²) in [6, 6.07) is 10.1. The molecule has 7 heteroatoms. The van der Waals surface area contributed by atoms with E-state index in [1.807, 2.05) is 0 Å². The van der Waals surface area contributed by atoms with Gasteiger partial charge in [0.25, 0.3) is 5.91 Å². The Morgan fingerprint density at radius 3 is 2.46 bits per heavy atom. The van der Waals surface area contributed by atoms with E-state index in [2.05, 4.69) is 15.3 Å². The van der Waals surface area contributed by atoms with Crippen LogP contribution in [0.2, 0.25) is 0 Å². The molecule has 0 bridgehead atoms. The second-order valence-electron chi connectivity index (χ2n) is 4.88. The van der Waals surface area contributed by atoms with Gasteiger partial charge in [0.1, 0.15) is 0 Å². The number of benzene rings is 2. The molecule has 1 N–H and O–H groups in total. The van der Waals surface area contributed by atoms with Crippen LogP contribution in [-0.4, -0.2) is 22.5 Å². The molecule has 0 aliphatic carbocycles. The Bertz CT molecular complexity index is 915. The van der Waals surface area contributed by atoms with Crippen molar-refractivity contribution in [2.45, 2.75) is 6.92 Å². The molecule has 3 rings (SSSR count). The zero-order chi connectivity index (χ0) is 17.1. The number of ether oxygens (including phenoxy) is 1. The number of halogens is 2. The molecule has 0 aliphatic heterocycles. The summed E-state index contributed by atoms with van der Waals surface area (Å²) in [6.45, 7) is 2.06. The van der Waals surface area contributed by atoms with Gasteiger partial charge in [0.2, 0.25) is 5.88 Å². The Morgan fingerprint density at radius 2 is 1.79 bits per heavy atom. The quantitative estimate of drug-likeness (QED) is 0.795. The summed E-state index contributed by atoms with van der Waals surface area (Å²) in [6.07, 6.45) is 0. The molecule has 0 spiro atoms. The fraction of sp³-hybridized carbons (Fsp3) is 0.118. The number of rotatable bonds is 4. The lowest BCUT2D eigenvalue weighted by molar-refractivity contribution is 0.101. The minimum atomic E-state index is -1.05. The maximum atomic E-state index is 13.3. The summed E-state index contributed by atoms with van der Waals surface area (Å²) in [7, 11) is 0. The van der Waals surface area contributed by atoms with Crippen molar-refractivity contribution in [2.75, 3.05) is 11.9 Å². The third kappa shape index (κ3) is 3.15. The summed E-state index contributed by atoms with van der Waals surface area (Å²) in [5.41, 5.74) is 1.19. The normalized spacial score (nSPS) is 10.6. The molecule has 5 nitrogen and oxygen atoms in total. The number of fused-ring (bicyclic) bond motifs is 1. The van der Waals surface area contributed by atoms with Crippen molar-refractivity contribution < 1.29 is 18.3 Å². The van der Waals surface area contributed by atoms with Gasteiger partial charge in [0.15, 0.2) is 17.3 Å². The highest BCUT2D eigenvalue weighted by Gasteiger charge is 2.18. The average Bonchev–Trinajstić information content (AvgIpc) is 2.58. The number of anilines is 1. The van der Waals surface area contributed by atoms with Crippen molar-refractivity contribution in [2.24, 2.45) is 0 Å². The van der Waals surface area contributed by atoms with Gasteiger partial charge in [0, 0.05) is 11.8 Å². The van der Waals surface area contributed by atoms with E-state index in [1.54, 1.807) is 31.2 Å². The van der Waals surface area contributed by atoms with Crippen molar-refractivity contribution in [1.29, 1.82) is 0 Å². The molecule has 0 saturated heterocycles. The van der Waals surface area contributed by atoms with Gasteiger partial charge in [-0.25, -0.2) is 18.7 Å². The number of nitrogens with zero attached hydrogens (tertiary/aromatic N) is 2. The van der Waals surface area contributed by atoms with Gasteiger partial charge >= 0.3 is 0 Å². The van der Waals surface area contributed by atoms with E-state index in [0.717, 1.165) is 12.1 Å². The smallest absolute Gasteiger partial charge is 0.279 e. The van der Waals surface area contributed by atoms with E-state index in [9.17, 15) is 13.6 Å². The van der Waals surface area contributed by atoms with E-state index in [-0.39, 0.29) is 17.3 Å². The monoisotopic (exact) mass is 329 g/mol. The Morgan fingerprint density at radius 1 is 1.08 bits per heavy atom. The molecule has 1 aromatic heterocycles. The van der Waals surface area contributed by atoms with Gasteiger partial charge in [-0.1, -0.05) is 12.1 Å². The predicted octanol–water partition coefficient (Wildman–Crippen LogP) is 3.56. The SMILES string of the molecule is CCOc1nc2ccccc2nc1C(=O)Nc1ccc(F)c(F)c1. The van der Waals surface area contributed by atoms with E-state index in [1.165, 1.54) is 6.07 Å². The van der Waals surface area contributed by atoms with Gasteiger partial charge < -0.3 is 10.1 Å². The third-order valence-corrected chi connectivity index (χ3v) is 3.21. The lowest BCUT2D eigenvalue weighted by atomic mass is 10.2. The lowest BCUT2D eigenvalue weighted by Gasteiger charge is -2.10. The maximum Gasteiger partial charge on any atom is 0.279 e. The number of carbonyl (C=O) groups is 1. The van der Waals surface area contributed by atoms with Gasteiger partial charge in [-0.15, -0.1) is 0 Å². The highest BCUT2D eigenvalue weighted by Crippen LogP contribution is 2.21. The molecule has 1 heterocycles. The van der Waals surface area contributed by atoms with Gasteiger partial charge in [0.05, 0.1) is 17.6 Å². The first-order valence-corrected chi connectivity index (χ1v) is 7.24. The number of nitrogens with one attached hydrogen (secondary N) is 1. The number of amides is 1. The summed E-state index contributed by atoms with van der Waals surface area (Å²) >= 11 is 0. The van der Waals surface area contributed by atoms with Crippen molar-refractivity contribution >= 4 is 22.6 Å². The predicted molar refractivity (Wildman–Crippen MR) is 85.0 cm³/mol. The molecule has 0 unspecified atom stereocenters. The fourth-order valence-corrected chi connectivity index (χ4v) is 2.13. The number of hydrogen-bond acceptors (Lipinski definition) is 4. The van der Waals surface area contributed by atoms with Crippen LogP contribution in [0.25, 0.3) is 11.0 Å². The summed E-state index contributed by atoms with van der Waals surface area (Å²) < 4.78 is 31.6. The minimum absolute atomic E-state index is 0.0275. The maximum absolute atomic E-state index is 13.3. The molecule has 0 fully saturated rings. The van der Waals surface area contributed by atoms with E-state index in [4.69, 9.17) is 4.74 Å². The first-order valence-electron chi connectivity index (χ1n) is 7.24.